The molecule has 116 valence electrons. The Morgan fingerprint density at radius 2 is 2.14 bits per heavy atom. The first kappa shape index (κ1) is 16.2. The number of hydrogen-bond acceptors (Lipinski definition) is 4. The molecule has 1 aromatic heterocycles. The topological polar surface area (TPSA) is 93.4 Å². The van der Waals surface area contributed by atoms with Crippen molar-refractivity contribution in [2.75, 3.05) is 13.1 Å². The first-order valence-electron chi connectivity index (χ1n) is 6.55. The Kier molecular flexibility index (Phi) is 4.28. The number of rotatable bonds is 3. The van der Waals surface area contributed by atoms with E-state index in [9.17, 15) is 13.2 Å². The zero-order chi connectivity index (χ0) is 15.8. The van der Waals surface area contributed by atoms with Gasteiger partial charge in [-0.3, -0.25) is 4.79 Å². The van der Waals surface area contributed by atoms with Gasteiger partial charge in [0.2, 0.25) is 15.9 Å². The Hall–Kier alpha value is -1.18. The van der Waals surface area contributed by atoms with Crippen molar-refractivity contribution < 1.29 is 13.2 Å². The van der Waals surface area contributed by atoms with Gasteiger partial charge in [-0.15, -0.1) is 0 Å². The molecule has 0 bridgehead atoms. The largest absolute Gasteiger partial charge is 0.369 e. The number of halogens is 1. The Morgan fingerprint density at radius 1 is 1.48 bits per heavy atom. The van der Waals surface area contributed by atoms with Crippen LogP contribution in [0.25, 0.3) is 0 Å². The summed E-state index contributed by atoms with van der Waals surface area (Å²) < 4.78 is 26.6. The molecule has 1 atom stereocenters. The fourth-order valence-corrected chi connectivity index (χ4v) is 4.39. The smallest absolute Gasteiger partial charge is 0.244 e. The lowest BCUT2D eigenvalue weighted by Gasteiger charge is -2.42. The minimum atomic E-state index is -3.64. The van der Waals surface area contributed by atoms with Gasteiger partial charge >= 0.3 is 0 Å². The normalized spacial score (nSPS) is 22.9. The maximum atomic E-state index is 12.6. The molecular formula is C13H18ClN3O3S. The van der Waals surface area contributed by atoms with Gasteiger partial charge in [0.1, 0.15) is 10.0 Å². The summed E-state index contributed by atoms with van der Waals surface area (Å²) in [6.07, 6.45) is 1.66. The number of aromatic nitrogens is 1. The van der Waals surface area contributed by atoms with Crippen LogP contribution in [0.5, 0.6) is 0 Å². The minimum Gasteiger partial charge on any atom is -0.369 e. The van der Waals surface area contributed by atoms with Crippen LogP contribution in [0.1, 0.15) is 20.3 Å². The van der Waals surface area contributed by atoms with Gasteiger partial charge < -0.3 is 5.73 Å². The van der Waals surface area contributed by atoms with Gasteiger partial charge in [-0.2, -0.15) is 4.31 Å². The van der Waals surface area contributed by atoms with Crippen LogP contribution in [-0.4, -0.2) is 36.7 Å². The summed E-state index contributed by atoms with van der Waals surface area (Å²) in [6, 6.07) is 2.87. The molecule has 1 amide bonds. The molecule has 2 rings (SSSR count). The second-order valence-electron chi connectivity index (χ2n) is 5.89. The van der Waals surface area contributed by atoms with Crippen molar-refractivity contribution in [1.82, 2.24) is 9.29 Å². The van der Waals surface area contributed by atoms with Gasteiger partial charge in [-0.05, 0) is 24.0 Å². The number of primary amides is 1. The number of piperidine rings is 1. The van der Waals surface area contributed by atoms with E-state index in [2.05, 4.69) is 4.98 Å². The number of carbonyl (C=O) groups excluding carboxylic acids is 1. The average molecular weight is 332 g/mol. The summed E-state index contributed by atoms with van der Waals surface area (Å²) in [6.45, 7) is 4.21. The summed E-state index contributed by atoms with van der Waals surface area (Å²) in [5.41, 5.74) is 4.89. The van der Waals surface area contributed by atoms with Crippen LogP contribution in [0.3, 0.4) is 0 Å². The molecule has 21 heavy (non-hydrogen) atoms. The second-order valence-corrected chi connectivity index (χ2v) is 8.21. The molecule has 8 heteroatoms. The highest BCUT2D eigenvalue weighted by Crippen LogP contribution is 2.36. The SMILES string of the molecule is CC1(C)CN(S(=O)(=O)c2ccc(Cl)nc2)CCC1C(N)=O. The number of carbonyl (C=O) groups is 1. The Morgan fingerprint density at radius 3 is 2.62 bits per heavy atom. The van der Waals surface area contributed by atoms with E-state index in [1.165, 1.54) is 22.6 Å². The number of amides is 1. The maximum Gasteiger partial charge on any atom is 0.244 e. The summed E-state index contributed by atoms with van der Waals surface area (Å²) in [5, 5.41) is 0.238. The molecule has 1 aromatic rings. The third-order valence-corrected chi connectivity index (χ3v) is 5.93. The molecule has 1 unspecified atom stereocenters. The van der Waals surface area contributed by atoms with Crippen molar-refractivity contribution in [2.45, 2.75) is 25.2 Å². The summed E-state index contributed by atoms with van der Waals surface area (Å²) >= 11 is 5.68. The molecule has 2 heterocycles. The molecule has 6 nitrogen and oxygen atoms in total. The van der Waals surface area contributed by atoms with E-state index in [1.807, 2.05) is 13.8 Å². The minimum absolute atomic E-state index is 0.0974. The number of nitrogens with zero attached hydrogens (tertiary/aromatic N) is 2. The Labute approximate surface area is 129 Å². The van der Waals surface area contributed by atoms with Crippen LogP contribution >= 0.6 is 11.6 Å². The lowest BCUT2D eigenvalue weighted by atomic mass is 9.74. The number of nitrogens with two attached hydrogens (primary N) is 1. The van der Waals surface area contributed by atoms with Gasteiger partial charge in [0.25, 0.3) is 0 Å². The molecule has 0 spiro atoms. The summed E-state index contributed by atoms with van der Waals surface area (Å²) in [7, 11) is -3.64. The highest BCUT2D eigenvalue weighted by molar-refractivity contribution is 7.89. The third-order valence-electron chi connectivity index (χ3n) is 3.88. The molecule has 1 fully saturated rings. The predicted octanol–water partition coefficient (Wildman–Crippen LogP) is 1.26. The van der Waals surface area contributed by atoms with Crippen molar-refractivity contribution in [2.24, 2.45) is 17.1 Å². The van der Waals surface area contributed by atoms with Crippen molar-refractivity contribution in [1.29, 1.82) is 0 Å². The van der Waals surface area contributed by atoms with Crippen LogP contribution in [0.4, 0.5) is 0 Å². The monoisotopic (exact) mass is 331 g/mol. The van der Waals surface area contributed by atoms with Crippen LogP contribution in [0.2, 0.25) is 5.15 Å². The summed E-state index contributed by atoms with van der Waals surface area (Å²) in [5.74, 6) is -0.711. The van der Waals surface area contributed by atoms with Crippen LogP contribution in [-0.2, 0) is 14.8 Å². The maximum absolute atomic E-state index is 12.6. The fraction of sp³-hybridized carbons (Fsp3) is 0.538. The van der Waals surface area contributed by atoms with Crippen molar-refractivity contribution in [3.63, 3.8) is 0 Å². The van der Waals surface area contributed by atoms with Crippen molar-refractivity contribution >= 4 is 27.5 Å². The van der Waals surface area contributed by atoms with Gasteiger partial charge in [0.15, 0.2) is 0 Å². The van der Waals surface area contributed by atoms with E-state index in [-0.39, 0.29) is 35.0 Å². The standard InChI is InChI=1S/C13H18ClN3O3S/c1-13(2)8-17(6-5-10(13)12(15)18)21(19,20)9-3-4-11(14)16-7-9/h3-4,7,10H,5-6,8H2,1-2H3,(H2,15,18). The fourth-order valence-electron chi connectivity index (χ4n) is 2.70. The van der Waals surface area contributed by atoms with E-state index in [0.717, 1.165) is 0 Å². The average Bonchev–Trinajstić information content (AvgIpc) is 2.37. The summed E-state index contributed by atoms with van der Waals surface area (Å²) in [4.78, 5) is 15.4. The van der Waals surface area contributed by atoms with Gasteiger partial charge in [-0.25, -0.2) is 13.4 Å². The molecule has 0 saturated carbocycles. The zero-order valence-electron chi connectivity index (χ0n) is 11.9. The highest BCUT2D eigenvalue weighted by Gasteiger charge is 2.42. The first-order chi connectivity index (χ1) is 9.64. The molecule has 0 aliphatic carbocycles. The van der Waals surface area contributed by atoms with Crippen LogP contribution < -0.4 is 5.73 Å². The lowest BCUT2D eigenvalue weighted by Crippen LogP contribution is -2.51. The highest BCUT2D eigenvalue weighted by atomic mass is 35.5. The quantitative estimate of drug-likeness (QED) is 0.844. The van der Waals surface area contributed by atoms with E-state index >= 15 is 0 Å². The van der Waals surface area contributed by atoms with Gasteiger partial charge in [0, 0.05) is 25.2 Å². The van der Waals surface area contributed by atoms with E-state index in [1.54, 1.807) is 0 Å². The second kappa shape index (κ2) is 5.55. The third kappa shape index (κ3) is 3.20. The van der Waals surface area contributed by atoms with Crippen LogP contribution in [0.15, 0.2) is 23.2 Å². The first-order valence-corrected chi connectivity index (χ1v) is 8.37. The number of pyridine rings is 1. The molecule has 2 N–H and O–H groups in total. The Bertz CT molecular complexity index is 643. The van der Waals surface area contributed by atoms with E-state index in [0.29, 0.717) is 6.42 Å². The molecule has 1 saturated heterocycles. The van der Waals surface area contributed by atoms with Crippen molar-refractivity contribution in [3.05, 3.63) is 23.5 Å². The molecular weight excluding hydrogens is 314 g/mol. The number of hydrogen-bond donors (Lipinski definition) is 1. The number of sulfonamides is 1. The predicted molar refractivity (Wildman–Crippen MR) is 79.1 cm³/mol. The van der Waals surface area contributed by atoms with Gasteiger partial charge in [-0.1, -0.05) is 25.4 Å². The van der Waals surface area contributed by atoms with E-state index in [4.69, 9.17) is 17.3 Å². The zero-order valence-corrected chi connectivity index (χ0v) is 13.5. The molecule has 0 aromatic carbocycles. The van der Waals surface area contributed by atoms with Crippen LogP contribution in [0, 0.1) is 11.3 Å². The lowest BCUT2D eigenvalue weighted by molar-refractivity contribution is -0.127. The van der Waals surface area contributed by atoms with Crippen molar-refractivity contribution in [3.8, 4) is 0 Å². The molecule has 0 radical (unpaired) electrons. The van der Waals surface area contributed by atoms with E-state index < -0.39 is 15.4 Å². The Balaban J connectivity index is 2.27. The van der Waals surface area contributed by atoms with Gasteiger partial charge in [0.05, 0.1) is 0 Å². The molecule has 1 aliphatic heterocycles. The molecule has 1 aliphatic rings.